The number of alkyl halides is 4. The third kappa shape index (κ3) is 4.16. The Morgan fingerprint density at radius 1 is 1.53 bits per heavy atom. The fourth-order valence-corrected chi connectivity index (χ4v) is 1.38. The number of nitrogens with zero attached hydrogens (tertiary/aromatic N) is 1. The van der Waals surface area contributed by atoms with Gasteiger partial charge < -0.3 is 14.6 Å². The molecule has 0 amide bonds. The SMILES string of the molecule is CCOC(=O)c1nc(OC(F)(F)F)cc(CCl)c1O. The Morgan fingerprint density at radius 2 is 2.16 bits per heavy atom. The van der Waals surface area contributed by atoms with E-state index in [2.05, 4.69) is 14.5 Å². The Balaban J connectivity index is 3.22. The highest BCUT2D eigenvalue weighted by Crippen LogP contribution is 2.30. The first-order valence-corrected chi connectivity index (χ1v) is 5.53. The Kier molecular flexibility index (Phi) is 4.82. The van der Waals surface area contributed by atoms with E-state index in [9.17, 15) is 23.1 Å². The van der Waals surface area contributed by atoms with Crippen LogP contribution in [0.4, 0.5) is 13.2 Å². The number of aromatic hydroxyl groups is 1. The lowest BCUT2D eigenvalue weighted by molar-refractivity contribution is -0.276. The molecule has 0 radical (unpaired) electrons. The molecule has 5 nitrogen and oxygen atoms in total. The standard InChI is InChI=1S/C10H9ClF3NO4/c1-2-18-9(17)7-8(16)5(4-11)3-6(15-7)19-10(12,13)14/h3,16H,2,4H2,1H3. The number of halogens is 4. The van der Waals surface area contributed by atoms with E-state index in [0.717, 1.165) is 6.07 Å². The molecule has 0 aliphatic rings. The van der Waals surface area contributed by atoms with Crippen molar-refractivity contribution in [2.24, 2.45) is 0 Å². The zero-order chi connectivity index (χ0) is 14.6. The Labute approximate surface area is 110 Å². The second-order valence-electron chi connectivity index (χ2n) is 3.22. The maximum atomic E-state index is 12.1. The first-order chi connectivity index (χ1) is 8.78. The van der Waals surface area contributed by atoms with Crippen molar-refractivity contribution in [1.29, 1.82) is 0 Å². The van der Waals surface area contributed by atoms with Crippen LogP contribution in [-0.4, -0.2) is 29.0 Å². The second-order valence-corrected chi connectivity index (χ2v) is 3.49. The molecule has 0 aromatic carbocycles. The van der Waals surface area contributed by atoms with Crippen molar-refractivity contribution in [3.05, 3.63) is 17.3 Å². The molecule has 0 unspecified atom stereocenters. The largest absolute Gasteiger partial charge is 0.574 e. The third-order valence-corrected chi connectivity index (χ3v) is 2.17. The first kappa shape index (κ1) is 15.4. The maximum absolute atomic E-state index is 12.1. The smallest absolute Gasteiger partial charge is 0.505 e. The van der Waals surface area contributed by atoms with Crippen molar-refractivity contribution in [3.63, 3.8) is 0 Å². The van der Waals surface area contributed by atoms with Gasteiger partial charge in [0.25, 0.3) is 0 Å². The van der Waals surface area contributed by atoms with Crippen LogP contribution in [0.15, 0.2) is 6.07 Å². The summed E-state index contributed by atoms with van der Waals surface area (Å²) in [6.45, 7) is 1.47. The summed E-state index contributed by atoms with van der Waals surface area (Å²) in [6.07, 6.45) is -4.97. The number of hydrogen-bond donors (Lipinski definition) is 1. The molecule has 9 heteroatoms. The van der Waals surface area contributed by atoms with Gasteiger partial charge in [0.05, 0.1) is 12.5 Å². The summed E-state index contributed by atoms with van der Waals surface area (Å²) in [7, 11) is 0. The molecule has 1 aromatic rings. The predicted octanol–water partition coefficient (Wildman–Crippen LogP) is 2.60. The van der Waals surface area contributed by atoms with Crippen molar-refractivity contribution in [3.8, 4) is 11.6 Å². The molecule has 1 heterocycles. The van der Waals surface area contributed by atoms with Gasteiger partial charge >= 0.3 is 12.3 Å². The van der Waals surface area contributed by atoms with Crippen LogP contribution < -0.4 is 4.74 Å². The number of hydrogen-bond acceptors (Lipinski definition) is 5. The summed E-state index contributed by atoms with van der Waals surface area (Å²) < 4.78 is 44.4. The van der Waals surface area contributed by atoms with Gasteiger partial charge in [-0.15, -0.1) is 24.8 Å². The molecule has 0 atom stereocenters. The molecule has 1 N–H and O–H groups in total. The van der Waals surface area contributed by atoms with E-state index in [4.69, 9.17) is 11.6 Å². The van der Waals surface area contributed by atoms with E-state index in [0.29, 0.717) is 0 Å². The summed E-state index contributed by atoms with van der Waals surface area (Å²) in [6, 6.07) is 0.790. The first-order valence-electron chi connectivity index (χ1n) is 5.00. The van der Waals surface area contributed by atoms with Crippen LogP contribution in [0.5, 0.6) is 11.6 Å². The van der Waals surface area contributed by atoms with E-state index in [1.54, 1.807) is 0 Å². The minimum Gasteiger partial charge on any atom is -0.505 e. The van der Waals surface area contributed by atoms with Gasteiger partial charge in [-0.05, 0) is 6.92 Å². The molecular weight excluding hydrogens is 291 g/mol. The number of pyridine rings is 1. The number of carbonyl (C=O) groups excluding carboxylic acids is 1. The molecule has 0 spiro atoms. The van der Waals surface area contributed by atoms with Crippen LogP contribution in [0.2, 0.25) is 0 Å². The zero-order valence-corrected chi connectivity index (χ0v) is 10.4. The summed E-state index contributed by atoms with van der Waals surface area (Å²) in [5, 5.41) is 9.62. The highest BCUT2D eigenvalue weighted by Gasteiger charge is 2.33. The summed E-state index contributed by atoms with van der Waals surface area (Å²) in [5.74, 6) is -2.93. The molecule has 0 fully saturated rings. The number of ether oxygens (including phenoxy) is 2. The Hall–Kier alpha value is -1.70. The van der Waals surface area contributed by atoms with E-state index < -0.39 is 29.7 Å². The van der Waals surface area contributed by atoms with E-state index in [1.165, 1.54) is 6.92 Å². The average Bonchev–Trinajstić information content (AvgIpc) is 2.29. The number of carbonyl (C=O) groups is 1. The maximum Gasteiger partial charge on any atom is 0.574 e. The van der Waals surface area contributed by atoms with Gasteiger partial charge in [-0.3, -0.25) is 0 Å². The number of esters is 1. The molecule has 0 aliphatic heterocycles. The third-order valence-electron chi connectivity index (χ3n) is 1.88. The molecular formula is C10H9ClF3NO4. The summed E-state index contributed by atoms with van der Waals surface area (Å²) >= 11 is 5.45. The van der Waals surface area contributed by atoms with Gasteiger partial charge in [-0.25, -0.2) is 9.78 Å². The van der Waals surface area contributed by atoms with Crippen LogP contribution >= 0.6 is 11.6 Å². The molecule has 19 heavy (non-hydrogen) atoms. The lowest BCUT2D eigenvalue weighted by atomic mass is 10.2. The molecule has 1 rings (SSSR count). The van der Waals surface area contributed by atoms with Crippen molar-refractivity contribution < 1.29 is 32.5 Å². The molecule has 0 saturated heterocycles. The topological polar surface area (TPSA) is 68.7 Å². The highest BCUT2D eigenvalue weighted by atomic mass is 35.5. The van der Waals surface area contributed by atoms with Crippen LogP contribution in [0.3, 0.4) is 0 Å². The minimum atomic E-state index is -4.97. The fraction of sp³-hybridized carbons (Fsp3) is 0.400. The van der Waals surface area contributed by atoms with Gasteiger partial charge in [-0.1, -0.05) is 0 Å². The summed E-state index contributed by atoms with van der Waals surface area (Å²) in [5.41, 5.74) is -0.807. The van der Waals surface area contributed by atoms with Crippen molar-refractivity contribution in [2.75, 3.05) is 6.61 Å². The quantitative estimate of drug-likeness (QED) is 0.683. The van der Waals surface area contributed by atoms with Crippen molar-refractivity contribution in [2.45, 2.75) is 19.2 Å². The van der Waals surface area contributed by atoms with Gasteiger partial charge in [0.2, 0.25) is 5.88 Å². The van der Waals surface area contributed by atoms with Crippen LogP contribution in [-0.2, 0) is 10.6 Å². The highest BCUT2D eigenvalue weighted by molar-refractivity contribution is 6.17. The van der Waals surface area contributed by atoms with E-state index >= 15 is 0 Å². The van der Waals surface area contributed by atoms with E-state index in [1.807, 2.05) is 0 Å². The Bertz CT molecular complexity index is 479. The monoisotopic (exact) mass is 299 g/mol. The lowest BCUT2D eigenvalue weighted by Crippen LogP contribution is -2.19. The minimum absolute atomic E-state index is 0.0273. The number of aromatic nitrogens is 1. The van der Waals surface area contributed by atoms with Crippen LogP contribution in [0.25, 0.3) is 0 Å². The van der Waals surface area contributed by atoms with Crippen LogP contribution in [0.1, 0.15) is 23.0 Å². The fourth-order valence-electron chi connectivity index (χ4n) is 1.18. The Morgan fingerprint density at radius 3 is 2.63 bits per heavy atom. The molecule has 1 aromatic heterocycles. The lowest BCUT2D eigenvalue weighted by Gasteiger charge is -2.12. The molecule has 106 valence electrons. The molecule has 0 bridgehead atoms. The van der Waals surface area contributed by atoms with Gasteiger partial charge in [0, 0.05) is 11.6 Å². The number of rotatable bonds is 4. The van der Waals surface area contributed by atoms with Gasteiger partial charge in [0.15, 0.2) is 11.4 Å². The average molecular weight is 300 g/mol. The normalized spacial score (nSPS) is 11.2. The molecule has 0 aliphatic carbocycles. The van der Waals surface area contributed by atoms with Gasteiger partial charge in [0.1, 0.15) is 0 Å². The van der Waals surface area contributed by atoms with Crippen LogP contribution in [0, 0.1) is 0 Å². The zero-order valence-electron chi connectivity index (χ0n) is 9.62. The molecule has 0 saturated carbocycles. The van der Waals surface area contributed by atoms with E-state index in [-0.39, 0.29) is 18.1 Å². The predicted molar refractivity (Wildman–Crippen MR) is 58.1 cm³/mol. The van der Waals surface area contributed by atoms with Crippen molar-refractivity contribution >= 4 is 17.6 Å². The summed E-state index contributed by atoms with van der Waals surface area (Å²) in [4.78, 5) is 14.7. The van der Waals surface area contributed by atoms with Crippen molar-refractivity contribution in [1.82, 2.24) is 4.98 Å². The van der Waals surface area contributed by atoms with Gasteiger partial charge in [-0.2, -0.15) is 0 Å². The second kappa shape index (κ2) is 5.96.